The molecule has 0 unspecified atom stereocenters. The fourth-order valence-corrected chi connectivity index (χ4v) is 22.5. The summed E-state index contributed by atoms with van der Waals surface area (Å²) in [4.78, 5) is 0. The molecule has 8 heterocycles. The highest BCUT2D eigenvalue weighted by molar-refractivity contribution is 6.19. The van der Waals surface area contributed by atoms with Gasteiger partial charge in [-0.1, -0.05) is 250 Å². The van der Waals surface area contributed by atoms with E-state index in [-0.39, 0.29) is 21.7 Å². The maximum absolute atomic E-state index is 6.68. The molecular formula is C108H82N4O4+4. The lowest BCUT2D eigenvalue weighted by Gasteiger charge is -2.22. The summed E-state index contributed by atoms with van der Waals surface area (Å²) in [6.45, 7) is 21.1. The normalized spacial score (nSPS) is 16.1. The zero-order chi connectivity index (χ0) is 77.3. The van der Waals surface area contributed by atoms with Crippen molar-refractivity contribution in [2.45, 2.75) is 117 Å². The predicted octanol–water partition coefficient (Wildman–Crippen LogP) is 23.9. The third-order valence-corrected chi connectivity index (χ3v) is 28.0. The smallest absolute Gasteiger partial charge is 0.293 e. The molecule has 8 heteroatoms. The lowest BCUT2D eigenvalue weighted by Crippen LogP contribution is -2.43. The maximum Gasteiger partial charge on any atom is 0.293 e. The number of allylic oxidation sites excluding steroid dienone is 2. The van der Waals surface area contributed by atoms with Gasteiger partial charge in [-0.15, -0.1) is 0 Å². The van der Waals surface area contributed by atoms with Gasteiger partial charge in [-0.3, -0.25) is 0 Å². The van der Waals surface area contributed by atoms with Crippen molar-refractivity contribution in [1.29, 1.82) is 0 Å². The summed E-state index contributed by atoms with van der Waals surface area (Å²) in [5, 5.41) is 26.7. The van der Waals surface area contributed by atoms with Crippen LogP contribution in [0, 0.1) is 0 Å². The van der Waals surface area contributed by atoms with Gasteiger partial charge in [0.25, 0.3) is 26.9 Å². The average Bonchev–Trinajstić information content (AvgIpc) is 1.54. The maximum atomic E-state index is 6.68. The fraction of sp³-hybridized carbons (Fsp3) is 0.167. The van der Waals surface area contributed by atoms with Crippen LogP contribution in [0.5, 0.6) is 23.0 Å². The van der Waals surface area contributed by atoms with Crippen LogP contribution in [0.15, 0.2) is 279 Å². The van der Waals surface area contributed by atoms with Crippen molar-refractivity contribution < 1.29 is 37.2 Å². The second-order valence-electron chi connectivity index (χ2n) is 35.6. The Morgan fingerprint density at radius 3 is 1.03 bits per heavy atom. The van der Waals surface area contributed by atoms with Crippen LogP contribution in [0.3, 0.4) is 0 Å². The molecule has 15 aromatic carbocycles. The van der Waals surface area contributed by atoms with Crippen LogP contribution in [0.4, 0.5) is 0 Å². The molecule has 0 saturated heterocycles. The van der Waals surface area contributed by atoms with Crippen LogP contribution in [0.25, 0.3) is 164 Å². The van der Waals surface area contributed by atoms with Gasteiger partial charge in [0.1, 0.15) is 23.0 Å². The van der Waals surface area contributed by atoms with Crippen LogP contribution in [0.1, 0.15) is 111 Å². The summed E-state index contributed by atoms with van der Waals surface area (Å²) in [6.07, 6.45) is 13.3. The van der Waals surface area contributed by atoms with E-state index in [1.54, 1.807) is 0 Å². The highest BCUT2D eigenvalue weighted by Gasteiger charge is 2.52. The van der Waals surface area contributed by atoms with Gasteiger partial charge in [0, 0.05) is 93.8 Å². The van der Waals surface area contributed by atoms with Gasteiger partial charge in [0.15, 0.2) is 18.6 Å². The van der Waals surface area contributed by atoms with Crippen LogP contribution in [-0.4, -0.2) is 0 Å². The minimum Gasteiger partial charge on any atom is -0.434 e. The van der Waals surface area contributed by atoms with E-state index in [0.717, 1.165) is 35.8 Å². The summed E-state index contributed by atoms with van der Waals surface area (Å²) in [6, 6.07) is 91.2. The highest BCUT2D eigenvalue weighted by atomic mass is 16.5. The number of fused-ring (bicyclic) bond motifs is 23. The van der Waals surface area contributed by atoms with Crippen molar-refractivity contribution >= 4 is 119 Å². The molecule has 5 aliphatic carbocycles. The molecule has 0 radical (unpaired) electrons. The first kappa shape index (κ1) is 66.2. The van der Waals surface area contributed by atoms with Crippen molar-refractivity contribution in [3.05, 3.63) is 335 Å². The van der Waals surface area contributed by atoms with Crippen molar-refractivity contribution in [3.8, 4) is 68.0 Å². The average molecular weight is 1500 g/mol. The van der Waals surface area contributed by atoms with E-state index >= 15 is 0 Å². The van der Waals surface area contributed by atoms with Gasteiger partial charge in [-0.05, 0) is 176 Å². The molecular weight excluding hydrogens is 1420 g/mol. The number of rotatable bonds is 0. The second-order valence-corrected chi connectivity index (χ2v) is 35.6. The minimum absolute atomic E-state index is 0.00401. The summed E-state index contributed by atoms with van der Waals surface area (Å²) < 4.78 is 35.3. The van der Waals surface area contributed by atoms with Crippen molar-refractivity contribution in [2.24, 2.45) is 0 Å². The van der Waals surface area contributed by atoms with Crippen molar-refractivity contribution in [3.63, 3.8) is 0 Å². The van der Waals surface area contributed by atoms with Crippen LogP contribution in [0.2, 0.25) is 0 Å². The Kier molecular flexibility index (Phi) is 13.3. The molecule has 28 rings (SSSR count). The van der Waals surface area contributed by atoms with E-state index in [9.17, 15) is 0 Å². The Morgan fingerprint density at radius 2 is 0.595 bits per heavy atom. The molecule has 554 valence electrons. The zero-order valence-electron chi connectivity index (χ0n) is 66.2. The molecule has 4 aromatic heterocycles. The quantitative estimate of drug-likeness (QED) is 0.0862. The van der Waals surface area contributed by atoms with E-state index in [1.807, 2.05) is 0 Å². The van der Waals surface area contributed by atoms with Gasteiger partial charge in [0.2, 0.25) is 28.3 Å². The van der Waals surface area contributed by atoms with E-state index in [1.165, 1.54) is 219 Å². The van der Waals surface area contributed by atoms with E-state index in [4.69, 9.17) is 18.9 Å². The fourth-order valence-electron chi connectivity index (χ4n) is 22.5. The number of nitrogens with zero attached hydrogens (tertiary/aromatic N) is 4. The molecule has 0 amide bonds. The van der Waals surface area contributed by atoms with Gasteiger partial charge < -0.3 is 18.9 Å². The largest absolute Gasteiger partial charge is 0.434 e. The summed E-state index contributed by atoms with van der Waals surface area (Å²) in [5.74, 6) is 4.22. The predicted molar refractivity (Wildman–Crippen MR) is 468 cm³/mol. The molecule has 19 aromatic rings. The molecule has 0 bridgehead atoms. The summed E-state index contributed by atoms with van der Waals surface area (Å²) in [7, 11) is 0. The van der Waals surface area contributed by atoms with Crippen LogP contribution >= 0.6 is 0 Å². The summed E-state index contributed by atoms with van der Waals surface area (Å²) in [5.41, 5.74) is 25.6. The van der Waals surface area contributed by atoms with E-state index < -0.39 is 0 Å². The van der Waals surface area contributed by atoms with Gasteiger partial charge in [0.05, 0.1) is 22.3 Å². The molecule has 0 saturated carbocycles. The molecule has 0 spiro atoms. The zero-order valence-corrected chi connectivity index (χ0v) is 66.2. The van der Waals surface area contributed by atoms with Gasteiger partial charge >= 0.3 is 0 Å². The molecule has 116 heavy (non-hydrogen) atoms. The number of hydrogen-bond acceptors (Lipinski definition) is 4. The lowest BCUT2D eigenvalue weighted by atomic mass is 9.80. The Morgan fingerprint density at radius 1 is 0.259 bits per heavy atom. The minimum atomic E-state index is -0.0738. The first-order valence-corrected chi connectivity index (χ1v) is 41.2. The number of benzene rings is 15. The van der Waals surface area contributed by atoms with Gasteiger partial charge in [-0.25, -0.2) is 0 Å². The molecule has 0 fully saturated rings. The third-order valence-electron chi connectivity index (χ3n) is 28.0. The molecule has 8 nitrogen and oxygen atoms in total. The van der Waals surface area contributed by atoms with Crippen molar-refractivity contribution in [1.82, 2.24) is 0 Å². The SMILES string of the molecule is CC1(C)c2cc3ccc4ccccc4c3c3c2-c2c1c1ccccc1c[n+]2CO3.CC1(C)c2cc3ccc4ccccc4c3c3c2-c2c1c1ccccc1c[n+]2CO3.CC1(C)c2cc3ccc4ccccc4c3c3c2-c2c1cc1cc4c(cc1[n+]2CO3)CC=CC4.CC1(C)c2cc3ccc4ccccc4c3c3c2-c2c1ccc[n+]2CO3. The molecule has 9 aliphatic rings. The third kappa shape index (κ3) is 8.78. The lowest BCUT2D eigenvalue weighted by molar-refractivity contribution is -0.717. The summed E-state index contributed by atoms with van der Waals surface area (Å²) >= 11 is 0. The number of ether oxygens (including phenoxy) is 4. The number of aromatic nitrogens is 4. The van der Waals surface area contributed by atoms with E-state index in [0.29, 0.717) is 26.9 Å². The molecule has 0 atom stereocenters. The molecule has 4 aliphatic heterocycles. The Bertz CT molecular complexity index is 7620. The highest BCUT2D eigenvalue weighted by Crippen LogP contribution is 2.62. The first-order chi connectivity index (χ1) is 56.6. The topological polar surface area (TPSA) is 52.4 Å². The van der Waals surface area contributed by atoms with E-state index in [2.05, 4.69) is 353 Å². The monoisotopic (exact) mass is 1500 g/mol. The Labute approximate surface area is 671 Å². The standard InChI is InChI=1S/C31H24NO.2C27H20NO.C23H18NO/c1-31(2)24-14-21-12-11-18-7-5-6-10-23(18)27(21)30-28(24)29-25(31)15-22-13-19-8-3-4-9-20(19)16-26(22)32(29)17-33-30;2*1-27(2)21-13-17-12-11-16-7-3-5-9-19(16)22(17)26-23(21)25-24(27)20-10-6-4-8-18(20)14-28(25)15-29-26;1-23(2)17-8-5-11-24-13-25-22-19-15(12-18(23)20(22)21(17)24)10-9-14-6-3-4-7-16(14)19/h3-7,10-16H,8-9,17H2,1-2H3;2*3-14H,15H2,1-2H3;3-12H,13H2,1-2H3/q4*+1. The second kappa shape index (κ2) is 23.2. The Balaban J connectivity index is 0.0000000870. The molecule has 0 N–H and O–H groups in total. The van der Waals surface area contributed by atoms with Gasteiger partial charge in [-0.2, -0.15) is 18.3 Å². The number of hydrogen-bond donors (Lipinski definition) is 0. The number of pyridine rings is 4. The first-order valence-electron chi connectivity index (χ1n) is 41.2. The van der Waals surface area contributed by atoms with Crippen LogP contribution in [-0.2, 0) is 61.4 Å². The van der Waals surface area contributed by atoms with Crippen LogP contribution < -0.4 is 37.2 Å². The van der Waals surface area contributed by atoms with Crippen molar-refractivity contribution in [2.75, 3.05) is 0 Å². The Hall–Kier alpha value is -13.3.